The van der Waals surface area contributed by atoms with Crippen LogP contribution in [0.4, 0.5) is 0 Å². The van der Waals surface area contributed by atoms with Crippen LogP contribution in [-0.4, -0.2) is 23.1 Å². The van der Waals surface area contributed by atoms with Gasteiger partial charge in [-0.05, 0) is 0 Å². The molecule has 0 spiro atoms. The molecule has 0 saturated heterocycles. The van der Waals surface area contributed by atoms with Crippen molar-refractivity contribution >= 4 is 35.5 Å². The minimum absolute atomic E-state index is 0. The Morgan fingerprint density at radius 3 is 1.60 bits per heavy atom. The van der Waals surface area contributed by atoms with Crippen LogP contribution in [0.25, 0.3) is 0 Å². The van der Waals surface area contributed by atoms with Crippen LogP contribution in [0.5, 0.6) is 0 Å². The average molecular weight is 171 g/mol. The molecule has 0 radical (unpaired) electrons. The van der Waals surface area contributed by atoms with Gasteiger partial charge < -0.3 is 4.70 Å². The molecule has 3 heteroatoms. The third-order valence-electron chi connectivity index (χ3n) is 0.843. The third kappa shape index (κ3) is 6.20. The zero-order chi connectivity index (χ0) is 5.11. The van der Waals surface area contributed by atoms with Crippen molar-refractivity contribution in [2.75, 3.05) is 0 Å². The summed E-state index contributed by atoms with van der Waals surface area (Å²) in [4.78, 5) is 0. The topological polar surface area (TPSA) is 0 Å². The van der Waals surface area contributed by atoms with Crippen LogP contribution in [0.15, 0.2) is 30.3 Å². The van der Waals surface area contributed by atoms with Crippen molar-refractivity contribution in [3.05, 3.63) is 42.8 Å². The summed E-state index contributed by atoms with van der Waals surface area (Å²) >= 11 is 0. The molecule has 0 bridgehead atoms. The number of hydrogen-bond acceptors (Lipinski definition) is 0. The average Bonchev–Trinajstić information content (AvgIpc) is 1.69. The number of halogens is 2. The molecule has 0 aromatic heterocycles. The van der Waals surface area contributed by atoms with Gasteiger partial charge in [0, 0.05) is 0 Å². The predicted octanol–water partition coefficient (Wildman–Crippen LogP) is -1.09. The Morgan fingerprint density at radius 2 is 1.40 bits per heavy atom. The zero-order valence-electron chi connectivity index (χ0n) is 5.59. The maximum Gasteiger partial charge on any atom is 2.00 e. The smallest absolute Gasteiger partial charge is 1.00 e. The number of rotatable bonds is 0. The molecule has 52 valence electrons. The Morgan fingerprint density at radius 1 is 1.00 bits per heavy atom. The van der Waals surface area contributed by atoms with Crippen LogP contribution < -0.4 is 4.70 Å². The molecular weight excluding hydrogens is 163 g/mol. The van der Waals surface area contributed by atoms with E-state index in [4.69, 9.17) is 0 Å². The van der Waals surface area contributed by atoms with Gasteiger partial charge in [-0.15, -0.1) is 24.5 Å². The van der Waals surface area contributed by atoms with E-state index in [0.717, 1.165) is 5.56 Å². The van der Waals surface area contributed by atoms with Crippen molar-refractivity contribution in [3.8, 4) is 0 Å². The van der Waals surface area contributed by atoms with Gasteiger partial charge in [-0.3, -0.25) is 0 Å². The molecule has 0 unspecified atom stereocenters. The maximum atomic E-state index is 3.72. The summed E-state index contributed by atoms with van der Waals surface area (Å²) in [6.07, 6.45) is 0. The molecule has 0 nitrogen and oxygen atoms in total. The molecule has 1 aromatic rings. The minimum Gasteiger partial charge on any atom is -1.00 e. The first-order valence-electron chi connectivity index (χ1n) is 2.26. The first kappa shape index (κ1) is 16.6. The molecule has 0 atom stereocenters. The van der Waals surface area contributed by atoms with Crippen LogP contribution in [-0.2, 0) is 0 Å². The van der Waals surface area contributed by atoms with Crippen LogP contribution in [0.2, 0.25) is 0 Å². The molecule has 0 saturated carbocycles. The third-order valence-corrected chi connectivity index (χ3v) is 0.843. The molecule has 0 aliphatic rings. The van der Waals surface area contributed by atoms with E-state index in [1.54, 1.807) is 0 Å². The molecule has 0 amide bonds. The van der Waals surface area contributed by atoms with Gasteiger partial charge in [0.25, 0.3) is 0 Å². The van der Waals surface area contributed by atoms with Crippen molar-refractivity contribution < 1.29 is 4.70 Å². The molecule has 0 fully saturated rings. The van der Waals surface area contributed by atoms with Gasteiger partial charge in [0.2, 0.25) is 0 Å². The van der Waals surface area contributed by atoms with Crippen LogP contribution >= 0.6 is 12.4 Å². The summed E-state index contributed by atoms with van der Waals surface area (Å²) < 4.78 is 0. The molecule has 1 rings (SSSR count). The summed E-state index contributed by atoms with van der Waals surface area (Å²) in [5.41, 5.74) is 1.07. The van der Waals surface area contributed by atoms with Gasteiger partial charge in [0.15, 0.2) is 0 Å². The maximum absolute atomic E-state index is 3.72. The zero-order valence-corrected chi connectivity index (χ0v) is 7.82. The minimum atomic E-state index is 0. The Bertz CT molecular complexity index is 144. The number of benzene rings is 1. The molecular formula is C7H8ClFMg. The molecule has 10 heavy (non-hydrogen) atoms. The second kappa shape index (κ2) is 9.08. The second-order valence-corrected chi connectivity index (χ2v) is 1.49. The number of hydrogen-bond donors (Lipinski definition) is 0. The van der Waals surface area contributed by atoms with E-state index in [1.165, 1.54) is 0 Å². The van der Waals surface area contributed by atoms with E-state index in [-0.39, 0.29) is 40.2 Å². The van der Waals surface area contributed by atoms with Gasteiger partial charge in [-0.1, -0.05) is 6.07 Å². The normalized spacial score (nSPS) is 6.00. The fourth-order valence-corrected chi connectivity index (χ4v) is 0.478. The molecule has 0 N–H and O–H groups in total. The van der Waals surface area contributed by atoms with Gasteiger partial charge in [0.05, 0.1) is 0 Å². The largest absolute Gasteiger partial charge is 2.00 e. The van der Waals surface area contributed by atoms with Crippen LogP contribution in [0, 0.1) is 6.92 Å². The fourth-order valence-electron chi connectivity index (χ4n) is 0.478. The van der Waals surface area contributed by atoms with Gasteiger partial charge >= 0.3 is 23.1 Å². The second-order valence-electron chi connectivity index (χ2n) is 1.49. The SMILES string of the molecule is Cl.[CH2-]c1ccccc1.[F-].[Mg+2]. The monoisotopic (exact) mass is 170 g/mol. The van der Waals surface area contributed by atoms with Gasteiger partial charge in [0.1, 0.15) is 0 Å². The van der Waals surface area contributed by atoms with Crippen molar-refractivity contribution in [2.45, 2.75) is 0 Å². The Labute approximate surface area is 82.9 Å². The summed E-state index contributed by atoms with van der Waals surface area (Å²) in [6.45, 7) is 3.72. The molecule has 0 aliphatic carbocycles. The van der Waals surface area contributed by atoms with Crippen molar-refractivity contribution in [1.82, 2.24) is 0 Å². The van der Waals surface area contributed by atoms with Crippen molar-refractivity contribution in [3.63, 3.8) is 0 Å². The summed E-state index contributed by atoms with van der Waals surface area (Å²) in [5, 5.41) is 0. The van der Waals surface area contributed by atoms with Crippen LogP contribution in [0.3, 0.4) is 0 Å². The van der Waals surface area contributed by atoms with Crippen molar-refractivity contribution in [1.29, 1.82) is 0 Å². The molecule has 0 heterocycles. The summed E-state index contributed by atoms with van der Waals surface area (Å²) in [5.74, 6) is 0. The Hall–Kier alpha value is 0.0762. The van der Waals surface area contributed by atoms with E-state index >= 15 is 0 Å². The Kier molecular flexibility index (Phi) is 15.0. The summed E-state index contributed by atoms with van der Waals surface area (Å²) in [6, 6.07) is 9.87. The molecule has 1 aromatic carbocycles. The Balaban J connectivity index is -0.000000163. The van der Waals surface area contributed by atoms with E-state index in [1.807, 2.05) is 30.3 Å². The molecule has 0 aliphatic heterocycles. The van der Waals surface area contributed by atoms with Crippen molar-refractivity contribution in [2.24, 2.45) is 0 Å². The quantitative estimate of drug-likeness (QED) is 0.343. The predicted molar refractivity (Wildman–Crippen MR) is 43.9 cm³/mol. The van der Waals surface area contributed by atoms with E-state index in [9.17, 15) is 0 Å². The fraction of sp³-hybridized carbons (Fsp3) is 0. The van der Waals surface area contributed by atoms with E-state index in [0.29, 0.717) is 0 Å². The van der Waals surface area contributed by atoms with Crippen LogP contribution in [0.1, 0.15) is 5.56 Å². The standard InChI is InChI=1S/C7H7.ClH.FH.Mg/c1-7-5-3-2-4-6-7;;;/h2-6H,1H2;2*1H;/q-1;;;+2/p-1. The van der Waals surface area contributed by atoms with Gasteiger partial charge in [-0.25, -0.2) is 0 Å². The summed E-state index contributed by atoms with van der Waals surface area (Å²) in [7, 11) is 0. The first-order valence-corrected chi connectivity index (χ1v) is 2.26. The van der Waals surface area contributed by atoms with Gasteiger partial charge in [-0.2, -0.15) is 24.6 Å². The first-order chi connectivity index (χ1) is 3.39. The van der Waals surface area contributed by atoms with E-state index < -0.39 is 0 Å². The van der Waals surface area contributed by atoms with E-state index in [2.05, 4.69) is 6.92 Å².